The van der Waals surface area contributed by atoms with Gasteiger partial charge in [-0.1, -0.05) is 30.3 Å². The zero-order valence-corrected chi connectivity index (χ0v) is 31.4. The molecule has 0 saturated carbocycles. The molecule has 2 fully saturated rings. The van der Waals surface area contributed by atoms with E-state index >= 15 is 0 Å². The Bertz CT molecular complexity index is 1860. The van der Waals surface area contributed by atoms with Crippen molar-refractivity contribution in [3.63, 3.8) is 0 Å². The minimum atomic E-state index is -1.82. The molecule has 2 N–H and O–H groups in total. The van der Waals surface area contributed by atoms with Crippen molar-refractivity contribution in [2.75, 3.05) is 59.2 Å². The Morgan fingerprint density at radius 3 is 2.22 bits per heavy atom. The van der Waals surface area contributed by atoms with Crippen molar-refractivity contribution in [1.29, 1.82) is 0 Å². The zero-order valence-electron chi connectivity index (χ0n) is 30.6. The molecular formula is C41H48N2O10S. The van der Waals surface area contributed by atoms with Crippen LogP contribution in [0.15, 0.2) is 66.7 Å². The van der Waals surface area contributed by atoms with Gasteiger partial charge in [0.2, 0.25) is 5.91 Å². The van der Waals surface area contributed by atoms with Gasteiger partial charge in [-0.25, -0.2) is 9.59 Å². The van der Waals surface area contributed by atoms with Gasteiger partial charge in [0.05, 0.1) is 19.8 Å². The maximum Gasteiger partial charge on any atom is 0.414 e. The number of rotatable bonds is 17. The first-order valence-electron chi connectivity index (χ1n) is 18.5. The van der Waals surface area contributed by atoms with Gasteiger partial charge >= 0.3 is 17.9 Å². The smallest absolute Gasteiger partial charge is 0.414 e. The van der Waals surface area contributed by atoms with Crippen LogP contribution in [-0.4, -0.2) is 103 Å². The largest absolute Gasteiger partial charge is 0.492 e. The summed E-state index contributed by atoms with van der Waals surface area (Å²) in [4.78, 5) is 47.5. The van der Waals surface area contributed by atoms with Crippen molar-refractivity contribution in [3.8, 4) is 27.7 Å². The van der Waals surface area contributed by atoms with E-state index in [1.165, 1.54) is 38.9 Å². The van der Waals surface area contributed by atoms with Crippen LogP contribution in [-0.2, 0) is 30.3 Å². The molecule has 3 heterocycles. The molecule has 0 atom stereocenters. The van der Waals surface area contributed by atoms with Gasteiger partial charge in [-0.3, -0.25) is 14.5 Å². The maximum absolute atomic E-state index is 11.9. The van der Waals surface area contributed by atoms with Gasteiger partial charge in [-0.2, -0.15) is 0 Å². The van der Waals surface area contributed by atoms with Crippen molar-refractivity contribution < 1.29 is 48.3 Å². The first kappa shape index (κ1) is 40.1. The summed E-state index contributed by atoms with van der Waals surface area (Å²) in [5.74, 6) is -1.40. The lowest BCUT2D eigenvalue weighted by atomic mass is 9.98. The molecule has 6 rings (SSSR count). The fourth-order valence-corrected chi connectivity index (χ4v) is 7.65. The van der Waals surface area contributed by atoms with Gasteiger partial charge < -0.3 is 34.1 Å². The van der Waals surface area contributed by atoms with Gasteiger partial charge in [-0.15, -0.1) is 11.3 Å². The fraction of sp³-hybridized carbons (Fsp3) is 0.415. The molecule has 2 saturated heterocycles. The Labute approximate surface area is 319 Å². The van der Waals surface area contributed by atoms with Gasteiger partial charge in [0, 0.05) is 35.5 Å². The molecule has 0 radical (unpaired) electrons. The molecule has 2 aliphatic heterocycles. The summed E-state index contributed by atoms with van der Waals surface area (Å²) in [6.45, 7) is 8.31. The molecule has 2 aliphatic rings. The third-order valence-corrected chi connectivity index (χ3v) is 10.4. The average Bonchev–Trinajstić information content (AvgIpc) is 3.93. The summed E-state index contributed by atoms with van der Waals surface area (Å²) >= 11 is 1.79. The minimum absolute atomic E-state index is 0.204. The molecule has 0 unspecified atom stereocenters. The first-order chi connectivity index (χ1) is 26.2. The predicted molar refractivity (Wildman–Crippen MR) is 206 cm³/mol. The van der Waals surface area contributed by atoms with Crippen molar-refractivity contribution in [2.24, 2.45) is 0 Å². The number of hydrogen-bond donors (Lipinski definition) is 2. The SMILES string of the molecule is CCOC(=O)CCCOc1cc(-c2sc3ccccc3c2Cc2ccc(OCCN3CCCC3=O)cc2)ccc1OCCN1CCCC1.O=C(O)C(=O)O. The number of nitrogens with zero attached hydrogens (tertiary/aromatic N) is 2. The second kappa shape index (κ2) is 20.4. The second-order valence-electron chi connectivity index (χ2n) is 13.0. The minimum Gasteiger partial charge on any atom is -0.492 e. The molecule has 1 amide bonds. The van der Waals surface area contributed by atoms with E-state index in [1.54, 1.807) is 11.3 Å². The molecule has 3 aromatic carbocycles. The van der Waals surface area contributed by atoms with E-state index in [0.717, 1.165) is 56.1 Å². The van der Waals surface area contributed by atoms with Crippen LogP contribution in [0.1, 0.15) is 56.6 Å². The molecule has 0 spiro atoms. The molecule has 12 nitrogen and oxygen atoms in total. The number of fused-ring (bicyclic) bond motifs is 1. The summed E-state index contributed by atoms with van der Waals surface area (Å²) in [7, 11) is 0. The van der Waals surface area contributed by atoms with Crippen LogP contribution in [0.25, 0.3) is 20.5 Å². The molecule has 0 aliphatic carbocycles. The summed E-state index contributed by atoms with van der Waals surface area (Å²) in [6, 6.07) is 23.1. The summed E-state index contributed by atoms with van der Waals surface area (Å²) in [6.07, 6.45) is 5.75. The highest BCUT2D eigenvalue weighted by atomic mass is 32.1. The van der Waals surface area contributed by atoms with E-state index in [9.17, 15) is 9.59 Å². The monoisotopic (exact) mass is 760 g/mol. The quantitative estimate of drug-likeness (QED) is 0.0688. The Hall–Kier alpha value is -5.14. The standard InChI is InChI=1S/C39H46N2O6S.C2H2O4/c1-2-44-38(43)12-8-24-46-35-28-30(15-18-34(35)47-25-22-40-19-5-6-20-40)39-33(32-9-3-4-10-36(32)48-39)27-29-13-16-31(17-14-29)45-26-23-41-21-7-11-37(41)42;3-1(4)2(5)6/h3-4,9-10,13-18,28H,2,5-8,11-12,19-27H2,1H3;(H,3,4)(H,5,6). The zero-order chi connectivity index (χ0) is 38.3. The molecule has 4 aromatic rings. The third kappa shape index (κ3) is 11.7. The number of carboxylic acid groups (broad SMARTS) is 2. The van der Waals surface area contributed by atoms with Gasteiger partial charge in [-0.05, 0) is 111 Å². The molecule has 54 heavy (non-hydrogen) atoms. The van der Waals surface area contributed by atoms with Crippen LogP contribution in [0.5, 0.6) is 17.2 Å². The highest BCUT2D eigenvalue weighted by Crippen LogP contribution is 2.42. The molecule has 1 aromatic heterocycles. The van der Waals surface area contributed by atoms with Crippen LogP contribution >= 0.6 is 11.3 Å². The number of hydrogen-bond acceptors (Lipinski definition) is 10. The van der Waals surface area contributed by atoms with E-state index in [2.05, 4.69) is 53.4 Å². The number of ether oxygens (including phenoxy) is 4. The number of thiophene rings is 1. The third-order valence-electron chi connectivity index (χ3n) is 9.14. The van der Waals surface area contributed by atoms with Crippen LogP contribution in [0.3, 0.4) is 0 Å². The highest BCUT2D eigenvalue weighted by molar-refractivity contribution is 7.22. The van der Waals surface area contributed by atoms with E-state index in [0.29, 0.717) is 58.0 Å². The fourth-order valence-electron chi connectivity index (χ4n) is 6.43. The van der Waals surface area contributed by atoms with E-state index < -0.39 is 11.9 Å². The van der Waals surface area contributed by atoms with Crippen LogP contribution < -0.4 is 14.2 Å². The Kier molecular flexibility index (Phi) is 15.1. The number of benzene rings is 3. The highest BCUT2D eigenvalue weighted by Gasteiger charge is 2.20. The van der Waals surface area contributed by atoms with Crippen molar-refractivity contribution >= 4 is 45.2 Å². The lowest BCUT2D eigenvalue weighted by Crippen LogP contribution is -2.29. The number of carbonyl (C=O) groups is 4. The number of carbonyl (C=O) groups excluding carboxylic acids is 2. The molecule has 13 heteroatoms. The lowest BCUT2D eigenvalue weighted by Gasteiger charge is -2.18. The normalized spacial score (nSPS) is 14.1. The summed E-state index contributed by atoms with van der Waals surface area (Å²) in [5.41, 5.74) is 3.54. The second-order valence-corrected chi connectivity index (χ2v) is 14.0. The van der Waals surface area contributed by atoms with Crippen molar-refractivity contribution in [3.05, 3.63) is 77.9 Å². The first-order valence-corrected chi connectivity index (χ1v) is 19.3. The Morgan fingerprint density at radius 1 is 0.796 bits per heavy atom. The number of likely N-dealkylation sites (tertiary alicyclic amines) is 2. The van der Waals surface area contributed by atoms with E-state index in [4.69, 9.17) is 38.7 Å². The molecule has 288 valence electrons. The topological polar surface area (TPSA) is 152 Å². The number of carboxylic acids is 2. The van der Waals surface area contributed by atoms with Crippen LogP contribution in [0.4, 0.5) is 0 Å². The molecule has 0 bridgehead atoms. The average molecular weight is 761 g/mol. The van der Waals surface area contributed by atoms with Gasteiger partial charge in [0.15, 0.2) is 11.5 Å². The van der Waals surface area contributed by atoms with Gasteiger partial charge in [0.25, 0.3) is 0 Å². The Morgan fingerprint density at radius 2 is 1.52 bits per heavy atom. The number of aliphatic carboxylic acids is 2. The molecular weight excluding hydrogens is 713 g/mol. The van der Waals surface area contributed by atoms with E-state index in [-0.39, 0.29) is 11.9 Å². The summed E-state index contributed by atoms with van der Waals surface area (Å²) < 4.78 is 24.9. The number of amides is 1. The van der Waals surface area contributed by atoms with Crippen molar-refractivity contribution in [2.45, 2.75) is 51.9 Å². The predicted octanol–water partition coefficient (Wildman–Crippen LogP) is 6.51. The lowest BCUT2D eigenvalue weighted by molar-refractivity contribution is -0.159. The Balaban J connectivity index is 0.000000864. The van der Waals surface area contributed by atoms with Crippen molar-refractivity contribution in [1.82, 2.24) is 9.80 Å². The van der Waals surface area contributed by atoms with Crippen LogP contribution in [0, 0.1) is 0 Å². The van der Waals surface area contributed by atoms with Crippen LogP contribution in [0.2, 0.25) is 0 Å². The van der Waals surface area contributed by atoms with E-state index in [1.807, 2.05) is 30.0 Å². The maximum atomic E-state index is 11.9. The number of esters is 1. The van der Waals surface area contributed by atoms with Gasteiger partial charge in [0.1, 0.15) is 19.0 Å². The summed E-state index contributed by atoms with van der Waals surface area (Å²) in [5, 5.41) is 16.0.